The monoisotopic (exact) mass is 505 g/mol. The number of hydrogen-bond acceptors (Lipinski definition) is 8. The molecule has 1 aliphatic rings. The minimum Gasteiger partial charge on any atom is -0.301 e. The molecule has 0 fully saturated rings. The molecule has 0 saturated heterocycles. The molecule has 2 aromatic heterocycles. The largest absolute Gasteiger partial charge is 0.301 e. The van der Waals surface area contributed by atoms with Gasteiger partial charge in [0.2, 0.25) is 0 Å². The Morgan fingerprint density at radius 2 is 1.53 bits per heavy atom. The normalized spacial score (nSPS) is 13.7. The van der Waals surface area contributed by atoms with Crippen LogP contribution in [0.5, 0.6) is 0 Å². The Morgan fingerprint density at radius 3 is 2.18 bits per heavy atom. The second-order valence-corrected chi connectivity index (χ2v) is 11.1. The molecule has 0 atom stereocenters. The molecule has 3 heterocycles. The highest BCUT2D eigenvalue weighted by Crippen LogP contribution is 2.39. The van der Waals surface area contributed by atoms with E-state index in [1.807, 2.05) is 60.7 Å². The Balaban J connectivity index is 1.43. The zero-order valence-corrected chi connectivity index (χ0v) is 21.1. The number of likely N-dealkylation sites (N-methyl/N-ethyl adjacent to an activating group) is 1. The molecule has 0 amide bonds. The molecule has 0 aliphatic carbocycles. The van der Waals surface area contributed by atoms with Crippen molar-refractivity contribution in [1.82, 2.24) is 14.9 Å². The maximum Gasteiger partial charge on any atom is 0.190 e. The summed E-state index contributed by atoms with van der Waals surface area (Å²) < 4.78 is 0. The van der Waals surface area contributed by atoms with E-state index >= 15 is 0 Å². The number of carbonyl (C=O) groups is 2. The van der Waals surface area contributed by atoms with Crippen LogP contribution in [0.2, 0.25) is 0 Å². The van der Waals surface area contributed by atoms with Gasteiger partial charge in [0.15, 0.2) is 16.7 Å². The molecule has 4 aromatic rings. The predicted molar refractivity (Wildman–Crippen MR) is 140 cm³/mol. The highest BCUT2D eigenvalue weighted by molar-refractivity contribution is 8.00. The van der Waals surface area contributed by atoms with Crippen LogP contribution in [0, 0.1) is 0 Å². The maximum atomic E-state index is 12.8. The van der Waals surface area contributed by atoms with Crippen molar-refractivity contribution in [3.63, 3.8) is 0 Å². The van der Waals surface area contributed by atoms with Crippen molar-refractivity contribution in [2.24, 2.45) is 0 Å². The van der Waals surface area contributed by atoms with Crippen LogP contribution >= 0.6 is 34.9 Å². The SMILES string of the molecule is CN1CCc2c(sc3nc(SCC(=O)c4ccccc4)nc(SCC(=O)c4ccccc4)c23)C1. The minimum absolute atomic E-state index is 0.0508. The van der Waals surface area contributed by atoms with Gasteiger partial charge in [0.05, 0.1) is 11.5 Å². The number of benzene rings is 2. The Hall–Kier alpha value is -2.52. The highest BCUT2D eigenvalue weighted by Gasteiger charge is 2.24. The summed E-state index contributed by atoms with van der Waals surface area (Å²) in [6.07, 6.45) is 0.953. The number of fused-ring (bicyclic) bond motifs is 3. The molecule has 0 N–H and O–H groups in total. The van der Waals surface area contributed by atoms with E-state index in [0.29, 0.717) is 22.0 Å². The average Bonchev–Trinajstić information content (AvgIpc) is 3.24. The van der Waals surface area contributed by atoms with E-state index in [4.69, 9.17) is 9.97 Å². The van der Waals surface area contributed by atoms with Gasteiger partial charge in [-0.3, -0.25) is 9.59 Å². The first kappa shape index (κ1) is 23.2. The topological polar surface area (TPSA) is 63.2 Å². The molecule has 0 spiro atoms. The lowest BCUT2D eigenvalue weighted by molar-refractivity contribution is 0.101. The average molecular weight is 506 g/mol. The molecular weight excluding hydrogens is 483 g/mol. The molecule has 0 saturated carbocycles. The third kappa shape index (κ3) is 5.10. The first-order valence-electron chi connectivity index (χ1n) is 11.0. The van der Waals surface area contributed by atoms with Gasteiger partial charge in [-0.2, -0.15) is 0 Å². The predicted octanol–water partition coefficient (Wildman–Crippen LogP) is 5.63. The van der Waals surface area contributed by atoms with Gasteiger partial charge in [-0.25, -0.2) is 9.97 Å². The molecule has 0 unspecified atom stereocenters. The fourth-order valence-corrected chi connectivity index (χ4v) is 7.09. The lowest BCUT2D eigenvalue weighted by Gasteiger charge is -2.22. The van der Waals surface area contributed by atoms with Crippen molar-refractivity contribution in [2.45, 2.75) is 23.1 Å². The van der Waals surface area contributed by atoms with Crippen molar-refractivity contribution >= 4 is 56.6 Å². The molecule has 0 radical (unpaired) electrons. The molecule has 172 valence electrons. The van der Waals surface area contributed by atoms with E-state index in [9.17, 15) is 9.59 Å². The fourth-order valence-electron chi connectivity index (χ4n) is 3.92. The van der Waals surface area contributed by atoms with Gasteiger partial charge in [0, 0.05) is 34.5 Å². The first-order valence-corrected chi connectivity index (χ1v) is 13.8. The summed E-state index contributed by atoms with van der Waals surface area (Å²) in [7, 11) is 2.13. The lowest BCUT2D eigenvalue weighted by Crippen LogP contribution is -2.25. The van der Waals surface area contributed by atoms with E-state index in [-0.39, 0.29) is 17.3 Å². The van der Waals surface area contributed by atoms with Crippen LogP contribution in [0.15, 0.2) is 70.8 Å². The highest BCUT2D eigenvalue weighted by atomic mass is 32.2. The van der Waals surface area contributed by atoms with E-state index in [1.54, 1.807) is 11.3 Å². The van der Waals surface area contributed by atoms with E-state index in [2.05, 4.69) is 11.9 Å². The van der Waals surface area contributed by atoms with Crippen LogP contribution in [0.25, 0.3) is 10.2 Å². The van der Waals surface area contributed by atoms with Crippen LogP contribution in [-0.4, -0.2) is 51.5 Å². The van der Waals surface area contributed by atoms with Gasteiger partial charge in [0.1, 0.15) is 9.86 Å². The second-order valence-electron chi connectivity index (χ2n) is 8.14. The number of aromatic nitrogens is 2. The van der Waals surface area contributed by atoms with Gasteiger partial charge in [-0.1, -0.05) is 84.2 Å². The van der Waals surface area contributed by atoms with Gasteiger partial charge in [-0.15, -0.1) is 11.3 Å². The molecule has 5 rings (SSSR count). The molecule has 5 nitrogen and oxygen atoms in total. The summed E-state index contributed by atoms with van der Waals surface area (Å²) in [6, 6.07) is 18.6. The number of Topliss-reactive ketones (excluding diaryl/α,β-unsaturated/α-hetero) is 2. The van der Waals surface area contributed by atoms with E-state index in [1.165, 1.54) is 34.0 Å². The van der Waals surface area contributed by atoms with Gasteiger partial charge < -0.3 is 4.90 Å². The number of thioether (sulfide) groups is 2. The standard InChI is InChI=1S/C26H23N3O2S3/c1-29-13-12-19-22(14-29)34-25-23(19)24(32-15-20(30)17-8-4-2-5-9-17)27-26(28-25)33-16-21(31)18-10-6-3-7-11-18/h2-11H,12-16H2,1H3. The van der Waals surface area contributed by atoms with Crippen molar-refractivity contribution in [1.29, 1.82) is 0 Å². The summed E-state index contributed by atoms with van der Waals surface area (Å²) >= 11 is 4.53. The van der Waals surface area contributed by atoms with E-state index < -0.39 is 0 Å². The van der Waals surface area contributed by atoms with Crippen molar-refractivity contribution in [3.05, 3.63) is 82.2 Å². The maximum absolute atomic E-state index is 12.8. The van der Waals surface area contributed by atoms with Crippen LogP contribution < -0.4 is 0 Å². The third-order valence-electron chi connectivity index (χ3n) is 5.70. The zero-order valence-electron chi connectivity index (χ0n) is 18.7. The molecule has 0 bridgehead atoms. The Bertz CT molecular complexity index is 1340. The Morgan fingerprint density at radius 1 is 0.912 bits per heavy atom. The number of thiophene rings is 1. The molecule has 1 aliphatic heterocycles. The number of ketones is 2. The number of carbonyl (C=O) groups excluding carboxylic acids is 2. The summed E-state index contributed by atoms with van der Waals surface area (Å²) in [5.41, 5.74) is 2.70. The molecule has 2 aromatic carbocycles. The number of nitrogens with zero attached hydrogens (tertiary/aromatic N) is 3. The Labute approximate surface area is 211 Å². The molecule has 34 heavy (non-hydrogen) atoms. The van der Waals surface area contributed by atoms with Crippen LogP contribution in [0.1, 0.15) is 31.2 Å². The zero-order chi connectivity index (χ0) is 23.5. The van der Waals surface area contributed by atoms with Crippen molar-refractivity contribution < 1.29 is 9.59 Å². The smallest absolute Gasteiger partial charge is 0.190 e. The van der Waals surface area contributed by atoms with Crippen LogP contribution in [0.4, 0.5) is 0 Å². The molecular formula is C26H23N3O2S3. The third-order valence-corrected chi connectivity index (χ3v) is 8.63. The van der Waals surface area contributed by atoms with Gasteiger partial charge in [0.25, 0.3) is 0 Å². The summed E-state index contributed by atoms with van der Waals surface area (Å²) in [5, 5.41) is 2.50. The summed E-state index contributed by atoms with van der Waals surface area (Å²) in [4.78, 5) is 39.6. The summed E-state index contributed by atoms with van der Waals surface area (Å²) in [6.45, 7) is 1.90. The number of hydrogen-bond donors (Lipinski definition) is 0. The van der Waals surface area contributed by atoms with Crippen molar-refractivity contribution in [3.8, 4) is 0 Å². The van der Waals surface area contributed by atoms with Crippen LogP contribution in [0.3, 0.4) is 0 Å². The minimum atomic E-state index is 0.0508. The van der Waals surface area contributed by atoms with E-state index in [0.717, 1.165) is 34.8 Å². The second kappa shape index (κ2) is 10.4. The fraction of sp³-hybridized carbons (Fsp3) is 0.231. The molecule has 8 heteroatoms. The summed E-state index contributed by atoms with van der Waals surface area (Å²) in [5.74, 6) is 0.717. The lowest BCUT2D eigenvalue weighted by atomic mass is 10.1. The van der Waals surface area contributed by atoms with Crippen molar-refractivity contribution in [2.75, 3.05) is 25.1 Å². The quantitative estimate of drug-likeness (QED) is 0.133. The Kier molecular flexibility index (Phi) is 7.10. The van der Waals surface area contributed by atoms with Crippen LogP contribution in [-0.2, 0) is 13.0 Å². The van der Waals surface area contributed by atoms with Gasteiger partial charge >= 0.3 is 0 Å². The van der Waals surface area contributed by atoms with Gasteiger partial charge in [-0.05, 0) is 19.0 Å². The number of rotatable bonds is 8. The first-order chi connectivity index (χ1) is 16.6.